The minimum Gasteiger partial charge on any atom is -0.477 e. The van der Waals surface area contributed by atoms with Crippen molar-refractivity contribution in [3.05, 3.63) is 59.1 Å². The molecule has 2 atom stereocenters. The normalized spacial score (nSPS) is 19.5. The number of carboxylic acids is 1. The van der Waals surface area contributed by atoms with Gasteiger partial charge in [0.2, 0.25) is 0 Å². The predicted octanol–water partition coefficient (Wildman–Crippen LogP) is 0.395. The van der Waals surface area contributed by atoms with Crippen LogP contribution in [0.3, 0.4) is 0 Å². The number of anilines is 1. The highest BCUT2D eigenvalue weighted by atomic mass is 32.2. The molecule has 0 aliphatic carbocycles. The zero-order chi connectivity index (χ0) is 26.1. The molecule has 12 nitrogen and oxygen atoms in total. The lowest BCUT2D eigenvalue weighted by molar-refractivity contribution is -0.662. The molecule has 0 radical (unpaired) electrons. The van der Waals surface area contributed by atoms with Crippen LogP contribution in [-0.2, 0) is 25.8 Å². The number of carbonyl (C=O) groups is 3. The number of thiazole rings is 1. The van der Waals surface area contributed by atoms with Crippen molar-refractivity contribution in [2.45, 2.75) is 18.0 Å². The number of thioether (sulfide) groups is 1. The van der Waals surface area contributed by atoms with Gasteiger partial charge < -0.3 is 21.0 Å². The fourth-order valence-electron chi connectivity index (χ4n) is 4.14. The highest BCUT2D eigenvalue weighted by molar-refractivity contribution is 8.00. The molecule has 0 unspecified atom stereocenters. The summed E-state index contributed by atoms with van der Waals surface area (Å²) in [6.45, 7) is -0.886. The van der Waals surface area contributed by atoms with Gasteiger partial charge in [0, 0.05) is 22.8 Å². The summed E-state index contributed by atoms with van der Waals surface area (Å²) in [6.07, 6.45) is 5.59. The second kappa shape index (κ2) is 10.2. The molecule has 5 heterocycles. The molecule has 192 valence electrons. The number of alkyl halides is 1. The van der Waals surface area contributed by atoms with Crippen molar-refractivity contribution in [3.8, 4) is 0 Å². The Morgan fingerprint density at radius 2 is 2.22 bits per heavy atom. The number of carbonyl (C=O) groups excluding carboxylic acids is 2. The first-order valence-corrected chi connectivity index (χ1v) is 12.9. The number of nitrogens with two attached hydrogens (primary N) is 1. The molecule has 1 fully saturated rings. The third kappa shape index (κ3) is 4.62. The Morgan fingerprint density at radius 3 is 2.95 bits per heavy atom. The van der Waals surface area contributed by atoms with Crippen LogP contribution in [0.5, 0.6) is 0 Å². The van der Waals surface area contributed by atoms with Crippen molar-refractivity contribution < 1.29 is 33.3 Å². The molecule has 5 rings (SSSR count). The summed E-state index contributed by atoms with van der Waals surface area (Å²) in [6, 6.07) is 4.70. The lowest BCUT2D eigenvalue weighted by Gasteiger charge is -2.49. The van der Waals surface area contributed by atoms with E-state index in [9.17, 15) is 23.9 Å². The van der Waals surface area contributed by atoms with Gasteiger partial charge in [-0.2, -0.15) is 0 Å². The van der Waals surface area contributed by atoms with E-state index in [2.05, 4.69) is 15.5 Å². The molecule has 2 aliphatic heterocycles. The number of halogens is 1. The second-order valence-electron chi connectivity index (χ2n) is 8.04. The molecular weight excluding hydrogens is 525 g/mol. The number of nitrogens with zero attached hydrogens (tertiary/aromatic N) is 5. The Bertz CT molecular complexity index is 1450. The molecule has 3 aromatic rings. The fourth-order valence-corrected chi connectivity index (χ4v) is 6.03. The number of nitrogens with one attached hydrogen (secondary N) is 1. The number of carboxylic acid groups (broad SMARTS) is 1. The van der Waals surface area contributed by atoms with Crippen LogP contribution in [0, 0.1) is 0 Å². The number of oxime groups is 1. The van der Waals surface area contributed by atoms with Crippen LogP contribution < -0.4 is 15.6 Å². The van der Waals surface area contributed by atoms with Gasteiger partial charge >= 0.3 is 5.97 Å². The number of pyridine rings is 1. The molecule has 0 bridgehead atoms. The van der Waals surface area contributed by atoms with Crippen LogP contribution in [0.1, 0.15) is 5.69 Å². The maximum absolute atomic E-state index is 13.1. The minimum atomic E-state index is -1.22. The highest BCUT2D eigenvalue weighted by Gasteiger charge is 2.54. The first-order valence-electron chi connectivity index (χ1n) is 11.0. The van der Waals surface area contributed by atoms with Crippen molar-refractivity contribution in [2.75, 3.05) is 24.8 Å². The van der Waals surface area contributed by atoms with Gasteiger partial charge in [-0.25, -0.2) is 23.1 Å². The summed E-state index contributed by atoms with van der Waals surface area (Å²) in [5, 5.41) is 17.3. The molecule has 0 saturated carbocycles. The topological polar surface area (TPSA) is 155 Å². The van der Waals surface area contributed by atoms with E-state index in [1.165, 1.54) is 22.0 Å². The number of aliphatic carboxylic acids is 1. The van der Waals surface area contributed by atoms with Crippen LogP contribution in [0.25, 0.3) is 5.65 Å². The predicted molar refractivity (Wildman–Crippen MR) is 132 cm³/mol. The van der Waals surface area contributed by atoms with Crippen molar-refractivity contribution in [3.63, 3.8) is 0 Å². The molecule has 0 aromatic carbocycles. The average molecular weight is 547 g/mol. The number of hydrogen-bond donors (Lipinski definition) is 3. The van der Waals surface area contributed by atoms with Crippen LogP contribution in [0.2, 0.25) is 0 Å². The number of hydrogen-bond acceptors (Lipinski definition) is 9. The summed E-state index contributed by atoms with van der Waals surface area (Å²) in [4.78, 5) is 48.3. The summed E-state index contributed by atoms with van der Waals surface area (Å²) >= 11 is 2.43. The van der Waals surface area contributed by atoms with Gasteiger partial charge in [0.05, 0.1) is 6.20 Å². The molecule has 1 saturated heterocycles. The number of amides is 2. The van der Waals surface area contributed by atoms with Crippen molar-refractivity contribution in [1.82, 2.24) is 19.6 Å². The maximum atomic E-state index is 13.1. The largest absolute Gasteiger partial charge is 0.477 e. The van der Waals surface area contributed by atoms with Gasteiger partial charge in [-0.05, 0) is 6.07 Å². The quantitative estimate of drug-likeness (QED) is 0.114. The van der Waals surface area contributed by atoms with Crippen LogP contribution in [0.4, 0.5) is 9.52 Å². The molecule has 4 N–H and O–H groups in total. The lowest BCUT2D eigenvalue weighted by atomic mass is 10.0. The molecular formula is C22H21FN7O5S2+. The van der Waals surface area contributed by atoms with E-state index < -0.39 is 35.9 Å². The van der Waals surface area contributed by atoms with Gasteiger partial charge in [-0.3, -0.25) is 14.5 Å². The molecule has 37 heavy (non-hydrogen) atoms. The molecule has 2 aliphatic rings. The molecule has 3 aromatic heterocycles. The van der Waals surface area contributed by atoms with E-state index in [-0.39, 0.29) is 35.4 Å². The van der Waals surface area contributed by atoms with Crippen LogP contribution in [-0.4, -0.2) is 73.3 Å². The monoisotopic (exact) mass is 546 g/mol. The Labute approximate surface area is 217 Å². The number of aromatic nitrogens is 3. The zero-order valence-corrected chi connectivity index (χ0v) is 20.7. The summed E-state index contributed by atoms with van der Waals surface area (Å²) < 4.78 is 16.3. The summed E-state index contributed by atoms with van der Waals surface area (Å²) in [5.74, 6) is -2.20. The van der Waals surface area contributed by atoms with E-state index >= 15 is 0 Å². The van der Waals surface area contributed by atoms with E-state index in [1.54, 1.807) is 0 Å². The van der Waals surface area contributed by atoms with Gasteiger partial charge in [0.25, 0.3) is 17.5 Å². The van der Waals surface area contributed by atoms with Gasteiger partial charge in [0.15, 0.2) is 10.8 Å². The molecule has 2 amide bonds. The first-order chi connectivity index (χ1) is 17.9. The smallest absolute Gasteiger partial charge is 0.352 e. The number of rotatable bonds is 9. The Morgan fingerprint density at radius 1 is 1.38 bits per heavy atom. The SMILES string of the molecule is Nc1nc(/C(=N/OCCF)C(=O)N[C@@H]2C(=O)N3C(C(=O)O)=C(C[n+]4ccn5ccccc54)CS[C@@H]23)cs1. The standard InChI is InChI=1S/C22H20FN7O5S2/c23-4-8-35-27-15(13-11-37-22(24)25-13)18(31)26-16-19(32)30-17(21(33)34)12(10-36-20(16)30)9-29-7-6-28-5-2-1-3-14(28)29/h1-3,5-7,11,16,20H,4,8-10H2,(H3-,24,25,26,31,33,34)/p+1/b27-15-/t16-,20+/m1/s1. The van der Waals surface area contributed by atoms with E-state index in [4.69, 9.17) is 10.6 Å². The zero-order valence-electron chi connectivity index (χ0n) is 19.1. The number of β-lactam (4-membered cyclic amide) rings is 1. The number of fused-ring (bicyclic) bond motifs is 2. The Kier molecular flexibility index (Phi) is 6.80. The van der Waals surface area contributed by atoms with Gasteiger partial charge in [0.1, 0.15) is 55.0 Å². The number of nitrogen functional groups attached to an aromatic ring is 1. The summed E-state index contributed by atoms with van der Waals surface area (Å²) in [7, 11) is 0. The van der Waals surface area contributed by atoms with Crippen molar-refractivity contribution >= 4 is 57.4 Å². The molecule has 0 spiro atoms. The van der Waals surface area contributed by atoms with Gasteiger partial charge in [-0.15, -0.1) is 23.1 Å². The highest BCUT2D eigenvalue weighted by Crippen LogP contribution is 2.40. The third-order valence-corrected chi connectivity index (χ3v) is 7.78. The second-order valence-corrected chi connectivity index (χ2v) is 10.0. The van der Waals surface area contributed by atoms with E-state index in [1.807, 2.05) is 45.8 Å². The van der Waals surface area contributed by atoms with E-state index in [0.717, 1.165) is 17.0 Å². The minimum absolute atomic E-state index is 0.0884. The summed E-state index contributed by atoms with van der Waals surface area (Å²) in [5.41, 5.74) is 6.86. The Balaban J connectivity index is 1.36. The van der Waals surface area contributed by atoms with Crippen LogP contribution in [0.15, 0.2) is 58.6 Å². The first kappa shape index (κ1) is 24.7. The lowest BCUT2D eigenvalue weighted by Crippen LogP contribution is -2.71. The average Bonchev–Trinajstić information content (AvgIpc) is 3.50. The maximum Gasteiger partial charge on any atom is 0.352 e. The third-order valence-electron chi connectivity index (χ3n) is 5.77. The fraction of sp³-hybridized carbons (Fsp3) is 0.273. The molecule has 15 heteroatoms. The van der Waals surface area contributed by atoms with Crippen LogP contribution >= 0.6 is 23.1 Å². The van der Waals surface area contributed by atoms with E-state index in [0.29, 0.717) is 11.3 Å². The van der Waals surface area contributed by atoms with Crippen molar-refractivity contribution in [2.24, 2.45) is 5.16 Å². The Hall–Kier alpha value is -3.98. The van der Waals surface area contributed by atoms with Crippen molar-refractivity contribution in [1.29, 1.82) is 0 Å². The van der Waals surface area contributed by atoms with Gasteiger partial charge in [-0.1, -0.05) is 11.2 Å². The number of imidazole rings is 1.